The van der Waals surface area contributed by atoms with Gasteiger partial charge >= 0.3 is 12.1 Å². The van der Waals surface area contributed by atoms with E-state index in [1.54, 1.807) is 25.3 Å². The maximum atomic E-state index is 17.4. The average molecular weight is 830 g/mol. The number of hydrogen-bond donors (Lipinski definition) is 0. The number of pyridine rings is 1. The first-order valence-corrected chi connectivity index (χ1v) is 20.1. The maximum absolute atomic E-state index is 17.4. The number of nitrogens with zero attached hydrogens (tertiary/aromatic N) is 7. The van der Waals surface area contributed by atoms with E-state index in [1.165, 1.54) is 24.9 Å². The Morgan fingerprint density at radius 2 is 1.83 bits per heavy atom. The minimum atomic E-state index is -0.765. The van der Waals surface area contributed by atoms with Gasteiger partial charge in [0.1, 0.15) is 41.3 Å². The third-order valence-corrected chi connectivity index (χ3v) is 11.1. The molecule has 59 heavy (non-hydrogen) atoms. The molecule has 1 aliphatic carbocycles. The second-order valence-corrected chi connectivity index (χ2v) is 16.4. The highest BCUT2D eigenvalue weighted by molar-refractivity contribution is 6.30. The molecular formula is C43H46ClF2N7O6. The van der Waals surface area contributed by atoms with Gasteiger partial charge in [-0.15, -0.1) is 0 Å². The fraction of sp³-hybridized carbons (Fsp3) is 0.465. The first kappa shape index (κ1) is 40.3. The average Bonchev–Trinajstić information content (AvgIpc) is 3.89. The smallest absolute Gasteiger partial charge is 0.410 e. The lowest BCUT2D eigenvalue weighted by molar-refractivity contribution is 0.0122. The van der Waals surface area contributed by atoms with Crippen molar-refractivity contribution >= 4 is 50.9 Å². The van der Waals surface area contributed by atoms with Crippen molar-refractivity contribution in [2.24, 2.45) is 11.1 Å². The molecule has 0 radical (unpaired) electrons. The molecule has 2 bridgehead atoms. The number of carbonyl (C=O) groups excluding carboxylic acids is 1. The first-order chi connectivity index (χ1) is 28.4. The molecule has 310 valence electrons. The number of rotatable bonds is 10. The van der Waals surface area contributed by atoms with Gasteiger partial charge in [0.15, 0.2) is 12.6 Å². The molecule has 16 heteroatoms. The molecule has 1 amide bonds. The van der Waals surface area contributed by atoms with E-state index < -0.39 is 17.2 Å². The Hall–Kier alpha value is -5.46. The lowest BCUT2D eigenvalue weighted by Crippen LogP contribution is -2.57. The number of ether oxygens (including phenoxy) is 4. The van der Waals surface area contributed by atoms with E-state index in [4.69, 9.17) is 40.4 Å². The molecule has 5 heterocycles. The summed E-state index contributed by atoms with van der Waals surface area (Å²) in [6, 6.07) is 5.81. The van der Waals surface area contributed by atoms with E-state index in [0.29, 0.717) is 47.4 Å². The number of carbonyl (C=O) groups is 1. The second-order valence-electron chi connectivity index (χ2n) is 16.2. The standard InChI is InChI=1S/C43H46ClF2N7O6/c1-43(2,3)59-42(54)53-29-7-8-30(53)22-52(21-29)40-34-19-47-38(33-18-31(58-24-55-4)17-25-6-9-35(45)32(10-13-44)36(25)33)37(46)39(34)48-41(49-40)57-23-27-16-26(27)20-51-14-11-28(12-15-51)50-56-5/h6,9,17-20,27,29-30H,7-8,11-12,14-16,21-24H2,1-5H3. The van der Waals surface area contributed by atoms with E-state index in [2.05, 4.69) is 42.4 Å². The highest BCUT2D eigenvalue weighted by Crippen LogP contribution is 2.42. The third-order valence-electron chi connectivity index (χ3n) is 11.0. The van der Waals surface area contributed by atoms with Crippen LogP contribution in [0.2, 0.25) is 0 Å². The van der Waals surface area contributed by atoms with Crippen molar-refractivity contribution in [3.63, 3.8) is 0 Å². The van der Waals surface area contributed by atoms with Crippen LogP contribution in [0.1, 0.15) is 58.4 Å². The van der Waals surface area contributed by atoms with Gasteiger partial charge in [0.2, 0.25) is 0 Å². The Morgan fingerprint density at radius 1 is 1.07 bits per heavy atom. The van der Waals surface area contributed by atoms with Gasteiger partial charge in [0.25, 0.3) is 0 Å². The molecule has 3 atom stereocenters. The van der Waals surface area contributed by atoms with Crippen molar-refractivity contribution in [3.8, 4) is 34.3 Å². The van der Waals surface area contributed by atoms with Crippen LogP contribution in [0.4, 0.5) is 19.4 Å². The number of fused-ring (bicyclic) bond motifs is 4. The van der Waals surface area contributed by atoms with Crippen LogP contribution in [-0.4, -0.2) is 108 Å². The number of piperidine rings is 1. The predicted octanol–water partition coefficient (Wildman–Crippen LogP) is 7.62. The quantitative estimate of drug-likeness (QED) is 0.0891. The molecule has 4 fully saturated rings. The Bertz CT molecular complexity index is 2390. The normalized spacial score (nSPS) is 20.8. The number of halogens is 3. The highest BCUT2D eigenvalue weighted by atomic mass is 35.5. The Kier molecular flexibility index (Phi) is 11.4. The van der Waals surface area contributed by atoms with Gasteiger partial charge in [-0.1, -0.05) is 11.2 Å². The first-order valence-electron chi connectivity index (χ1n) is 19.7. The Balaban J connectivity index is 1.17. The number of methoxy groups -OCH3 is 1. The van der Waals surface area contributed by atoms with Gasteiger partial charge < -0.3 is 33.6 Å². The van der Waals surface area contributed by atoms with Crippen LogP contribution in [0.25, 0.3) is 32.9 Å². The lowest BCUT2D eigenvalue weighted by atomic mass is 9.95. The number of likely N-dealkylation sites (tertiary alicyclic amines) is 1. The summed E-state index contributed by atoms with van der Waals surface area (Å²) >= 11 is 5.80. The van der Waals surface area contributed by atoms with Crippen LogP contribution < -0.4 is 14.4 Å². The van der Waals surface area contributed by atoms with Crippen LogP contribution in [0.3, 0.4) is 0 Å². The third kappa shape index (κ3) is 8.52. The van der Waals surface area contributed by atoms with E-state index >= 15 is 8.78 Å². The maximum Gasteiger partial charge on any atom is 0.410 e. The summed E-state index contributed by atoms with van der Waals surface area (Å²) in [4.78, 5) is 38.6. The lowest BCUT2D eigenvalue weighted by Gasteiger charge is -2.42. The minimum Gasteiger partial charge on any atom is -0.468 e. The summed E-state index contributed by atoms with van der Waals surface area (Å²) in [6.45, 7) is 8.39. The fourth-order valence-corrected chi connectivity index (χ4v) is 8.37. The number of anilines is 1. The summed E-state index contributed by atoms with van der Waals surface area (Å²) in [7, 11) is 3.05. The van der Waals surface area contributed by atoms with Crippen LogP contribution in [0.15, 0.2) is 47.4 Å². The van der Waals surface area contributed by atoms with Gasteiger partial charge in [-0.2, -0.15) is 9.97 Å². The second kappa shape index (κ2) is 16.7. The molecule has 3 aliphatic heterocycles. The number of oxime groups is 1. The highest BCUT2D eigenvalue weighted by Gasteiger charge is 2.45. The van der Waals surface area contributed by atoms with E-state index in [9.17, 15) is 4.79 Å². The summed E-state index contributed by atoms with van der Waals surface area (Å²) in [6.07, 6.45) is 7.51. The Labute approximate surface area is 346 Å². The van der Waals surface area contributed by atoms with Crippen molar-refractivity contribution < 1.29 is 37.4 Å². The molecule has 0 spiro atoms. The van der Waals surface area contributed by atoms with Crippen molar-refractivity contribution in [1.29, 1.82) is 0 Å². The number of benzene rings is 2. The molecule has 3 unspecified atom stereocenters. The van der Waals surface area contributed by atoms with Crippen molar-refractivity contribution in [2.75, 3.05) is 58.7 Å². The summed E-state index contributed by atoms with van der Waals surface area (Å²) in [5.41, 5.74) is 1.76. The van der Waals surface area contributed by atoms with E-state index in [-0.39, 0.29) is 59.2 Å². The number of hydrogen-bond acceptors (Lipinski definition) is 12. The zero-order valence-corrected chi connectivity index (χ0v) is 34.4. The molecular weight excluding hydrogens is 784 g/mol. The molecule has 2 aromatic heterocycles. The van der Waals surface area contributed by atoms with Gasteiger partial charge in [-0.05, 0) is 92.9 Å². The summed E-state index contributed by atoms with van der Waals surface area (Å²) in [5, 5.41) is 7.55. The van der Waals surface area contributed by atoms with Crippen LogP contribution in [-0.2, 0) is 14.3 Å². The number of piperazine rings is 1. The number of amides is 1. The monoisotopic (exact) mass is 829 g/mol. The number of aromatic nitrogens is 3. The zero-order chi connectivity index (χ0) is 41.4. The molecule has 4 aliphatic rings. The van der Waals surface area contributed by atoms with Crippen LogP contribution in [0.5, 0.6) is 11.8 Å². The van der Waals surface area contributed by atoms with E-state index in [0.717, 1.165) is 50.9 Å². The van der Waals surface area contributed by atoms with Gasteiger partial charge in [0.05, 0.1) is 35.4 Å². The Morgan fingerprint density at radius 3 is 2.53 bits per heavy atom. The molecule has 4 aromatic rings. The minimum absolute atomic E-state index is 0.0110. The van der Waals surface area contributed by atoms with Crippen molar-refractivity contribution in [3.05, 3.63) is 59.4 Å². The molecule has 0 N–H and O–H groups in total. The van der Waals surface area contributed by atoms with Gasteiger partial charge in [-0.25, -0.2) is 13.6 Å². The molecule has 13 nitrogen and oxygen atoms in total. The van der Waals surface area contributed by atoms with E-state index in [1.807, 2.05) is 25.7 Å². The van der Waals surface area contributed by atoms with Crippen LogP contribution >= 0.6 is 11.6 Å². The molecule has 2 aromatic carbocycles. The fourth-order valence-electron chi connectivity index (χ4n) is 8.27. The summed E-state index contributed by atoms with van der Waals surface area (Å²) in [5.74, 6) is 2.19. The topological polar surface area (TPSA) is 124 Å². The van der Waals surface area contributed by atoms with Crippen molar-refractivity contribution in [1.82, 2.24) is 24.8 Å². The molecule has 8 rings (SSSR count). The summed E-state index contributed by atoms with van der Waals surface area (Å²) < 4.78 is 55.7. The van der Waals surface area contributed by atoms with Crippen molar-refractivity contribution in [2.45, 2.75) is 70.6 Å². The predicted molar refractivity (Wildman–Crippen MR) is 219 cm³/mol. The van der Waals surface area contributed by atoms with Gasteiger partial charge in [0, 0.05) is 74.6 Å². The SMILES string of the molecule is COCOc1cc(-c2ncc3c(N4CC5CCC(C4)N5C(=O)OC(C)(C)C)nc(OCC4CC4=CN4CCC(=NOC)CC4)nc3c2F)c2c(C#CCl)c(F)ccc2c1. The zero-order valence-electron chi connectivity index (χ0n) is 33.7. The van der Waals surface area contributed by atoms with Crippen LogP contribution in [0, 0.1) is 28.9 Å². The largest absolute Gasteiger partial charge is 0.468 e. The molecule has 1 saturated carbocycles. The molecule has 3 saturated heterocycles. The van der Waals surface area contributed by atoms with Gasteiger partial charge in [-0.3, -0.25) is 9.88 Å².